The van der Waals surface area contributed by atoms with E-state index in [-0.39, 0.29) is 11.9 Å². The maximum Gasteiger partial charge on any atom is 0.338 e. The predicted octanol–water partition coefficient (Wildman–Crippen LogP) is 4.28. The summed E-state index contributed by atoms with van der Waals surface area (Å²) in [6.45, 7) is 2.52. The number of carbonyl (C=O) groups is 2. The maximum absolute atomic E-state index is 12.2. The third-order valence-electron chi connectivity index (χ3n) is 4.02. The van der Waals surface area contributed by atoms with E-state index in [9.17, 15) is 9.59 Å². The number of hydrogen-bond acceptors (Lipinski definition) is 7. The smallest absolute Gasteiger partial charge is 0.338 e. The Bertz CT molecular complexity index is 984. The summed E-state index contributed by atoms with van der Waals surface area (Å²) < 4.78 is 16.5. The van der Waals surface area contributed by atoms with E-state index >= 15 is 0 Å². The number of aromatic nitrogens is 1. The summed E-state index contributed by atoms with van der Waals surface area (Å²) in [5.74, 6) is 0.995. The summed E-state index contributed by atoms with van der Waals surface area (Å²) >= 11 is 1.32. The van der Waals surface area contributed by atoms with Gasteiger partial charge in [0.25, 0.3) is 0 Å². The Kier molecular flexibility index (Phi) is 7.02. The molecule has 2 aromatic carbocycles. The molecular formula is C21H22N2O5S. The van der Waals surface area contributed by atoms with Crippen LogP contribution in [-0.2, 0) is 9.53 Å². The van der Waals surface area contributed by atoms with Crippen LogP contribution in [0.1, 0.15) is 30.1 Å². The van der Waals surface area contributed by atoms with E-state index in [0.29, 0.717) is 36.8 Å². The van der Waals surface area contributed by atoms with Crippen LogP contribution in [-0.4, -0.2) is 37.2 Å². The quantitative estimate of drug-likeness (QED) is 0.415. The van der Waals surface area contributed by atoms with Gasteiger partial charge in [-0.15, -0.1) is 0 Å². The second-order valence-electron chi connectivity index (χ2n) is 6.10. The highest BCUT2D eigenvalue weighted by Gasteiger charge is 2.12. The average Bonchev–Trinajstić information content (AvgIpc) is 3.13. The van der Waals surface area contributed by atoms with Gasteiger partial charge in [-0.05, 0) is 55.8 Å². The second-order valence-corrected chi connectivity index (χ2v) is 7.13. The van der Waals surface area contributed by atoms with Crippen molar-refractivity contribution in [2.24, 2.45) is 0 Å². The molecule has 0 aliphatic heterocycles. The first-order valence-electron chi connectivity index (χ1n) is 9.23. The maximum atomic E-state index is 12.2. The summed E-state index contributed by atoms with van der Waals surface area (Å²) in [4.78, 5) is 28.4. The molecule has 0 radical (unpaired) electrons. The third-order valence-corrected chi connectivity index (χ3v) is 4.96. The highest BCUT2D eigenvalue weighted by atomic mass is 32.1. The molecule has 0 atom stereocenters. The molecule has 152 valence electrons. The van der Waals surface area contributed by atoms with Crippen molar-refractivity contribution in [3.63, 3.8) is 0 Å². The summed E-state index contributed by atoms with van der Waals surface area (Å²) in [5.41, 5.74) is 1.19. The molecule has 1 N–H and O–H groups in total. The number of anilines is 1. The minimum absolute atomic E-state index is 0.131. The number of thiazole rings is 1. The number of carbonyl (C=O) groups excluding carboxylic acids is 2. The molecule has 1 heterocycles. The number of fused-ring (bicyclic) bond motifs is 1. The van der Waals surface area contributed by atoms with Gasteiger partial charge >= 0.3 is 5.97 Å². The number of nitrogens with zero attached hydrogens (tertiary/aromatic N) is 1. The minimum atomic E-state index is -0.370. The Balaban J connectivity index is 1.48. The van der Waals surface area contributed by atoms with Crippen molar-refractivity contribution < 1.29 is 23.8 Å². The SMILES string of the molecule is CCOC(=O)c1ccc2nc(NC(=O)CCCOc3ccc(OC)cc3)sc2c1. The van der Waals surface area contributed by atoms with Crippen LogP contribution in [0.5, 0.6) is 11.5 Å². The molecule has 0 aliphatic carbocycles. The molecule has 3 rings (SSSR count). The van der Waals surface area contributed by atoms with Gasteiger partial charge in [0.15, 0.2) is 5.13 Å². The van der Waals surface area contributed by atoms with Crippen LogP contribution in [0.15, 0.2) is 42.5 Å². The molecule has 7 nitrogen and oxygen atoms in total. The summed E-state index contributed by atoms with van der Waals surface area (Å²) in [7, 11) is 1.61. The lowest BCUT2D eigenvalue weighted by Crippen LogP contribution is -2.12. The molecule has 0 saturated heterocycles. The largest absolute Gasteiger partial charge is 0.497 e. The number of ether oxygens (including phenoxy) is 3. The van der Waals surface area contributed by atoms with Crippen molar-refractivity contribution in [3.05, 3.63) is 48.0 Å². The molecule has 0 spiro atoms. The average molecular weight is 414 g/mol. The van der Waals surface area contributed by atoms with Crippen molar-refractivity contribution in [1.29, 1.82) is 0 Å². The van der Waals surface area contributed by atoms with Crippen LogP contribution in [0.2, 0.25) is 0 Å². The lowest BCUT2D eigenvalue weighted by Gasteiger charge is -2.07. The van der Waals surface area contributed by atoms with Crippen LogP contribution >= 0.6 is 11.3 Å². The van der Waals surface area contributed by atoms with Crippen molar-refractivity contribution in [2.75, 3.05) is 25.6 Å². The number of rotatable bonds is 9. The Hall–Kier alpha value is -3.13. The lowest BCUT2D eigenvalue weighted by atomic mass is 10.2. The van der Waals surface area contributed by atoms with E-state index in [1.54, 1.807) is 32.2 Å². The number of hydrogen-bond donors (Lipinski definition) is 1. The van der Waals surface area contributed by atoms with Gasteiger partial charge in [0.05, 0.1) is 36.1 Å². The van der Waals surface area contributed by atoms with Gasteiger partial charge in [0.1, 0.15) is 11.5 Å². The van der Waals surface area contributed by atoms with Gasteiger partial charge in [-0.3, -0.25) is 4.79 Å². The molecule has 0 aliphatic rings. The zero-order chi connectivity index (χ0) is 20.6. The fraction of sp³-hybridized carbons (Fsp3) is 0.286. The second kappa shape index (κ2) is 9.88. The van der Waals surface area contributed by atoms with Crippen molar-refractivity contribution in [2.45, 2.75) is 19.8 Å². The van der Waals surface area contributed by atoms with Gasteiger partial charge in [0.2, 0.25) is 5.91 Å². The molecule has 29 heavy (non-hydrogen) atoms. The van der Waals surface area contributed by atoms with E-state index in [0.717, 1.165) is 21.7 Å². The van der Waals surface area contributed by atoms with Crippen LogP contribution in [0.4, 0.5) is 5.13 Å². The van der Waals surface area contributed by atoms with E-state index < -0.39 is 0 Å². The first-order chi connectivity index (χ1) is 14.1. The Morgan fingerprint density at radius 3 is 2.59 bits per heavy atom. The summed E-state index contributed by atoms with van der Waals surface area (Å²) in [5, 5.41) is 3.30. The number of methoxy groups -OCH3 is 1. The number of nitrogens with one attached hydrogen (secondary N) is 1. The molecule has 3 aromatic rings. The lowest BCUT2D eigenvalue weighted by molar-refractivity contribution is -0.116. The van der Waals surface area contributed by atoms with Crippen molar-refractivity contribution >= 4 is 38.6 Å². The van der Waals surface area contributed by atoms with E-state index in [4.69, 9.17) is 14.2 Å². The fourth-order valence-corrected chi connectivity index (χ4v) is 3.52. The number of amides is 1. The van der Waals surface area contributed by atoms with Crippen LogP contribution < -0.4 is 14.8 Å². The Labute approximate surface area is 172 Å². The van der Waals surface area contributed by atoms with Crippen LogP contribution in [0.3, 0.4) is 0 Å². The molecule has 1 aromatic heterocycles. The minimum Gasteiger partial charge on any atom is -0.497 e. The first-order valence-corrected chi connectivity index (χ1v) is 10.0. The molecule has 8 heteroatoms. The van der Waals surface area contributed by atoms with Crippen LogP contribution in [0.25, 0.3) is 10.2 Å². The van der Waals surface area contributed by atoms with Crippen LogP contribution in [0, 0.1) is 0 Å². The van der Waals surface area contributed by atoms with Gasteiger partial charge in [-0.25, -0.2) is 9.78 Å². The molecule has 0 bridgehead atoms. The molecular weight excluding hydrogens is 392 g/mol. The van der Waals surface area contributed by atoms with Gasteiger partial charge in [-0.1, -0.05) is 11.3 Å². The monoisotopic (exact) mass is 414 g/mol. The number of esters is 1. The summed E-state index contributed by atoms with van der Waals surface area (Å²) in [6, 6.07) is 12.4. The molecule has 1 amide bonds. The van der Waals surface area contributed by atoms with Gasteiger partial charge in [-0.2, -0.15) is 0 Å². The fourth-order valence-electron chi connectivity index (χ4n) is 2.60. The first kappa shape index (κ1) is 20.6. The summed E-state index contributed by atoms with van der Waals surface area (Å²) in [6.07, 6.45) is 0.899. The zero-order valence-electron chi connectivity index (χ0n) is 16.3. The Morgan fingerprint density at radius 2 is 1.86 bits per heavy atom. The standard InChI is InChI=1S/C21H22N2O5S/c1-3-27-20(25)14-6-11-17-18(13-14)29-21(22-17)23-19(24)5-4-12-28-16-9-7-15(26-2)8-10-16/h6-11,13H,3-5,12H2,1-2H3,(H,22,23,24). The van der Waals surface area contributed by atoms with Gasteiger partial charge in [0, 0.05) is 6.42 Å². The predicted molar refractivity (Wildman–Crippen MR) is 112 cm³/mol. The normalized spacial score (nSPS) is 10.6. The third kappa shape index (κ3) is 5.68. The van der Waals surface area contributed by atoms with Gasteiger partial charge < -0.3 is 19.5 Å². The highest BCUT2D eigenvalue weighted by Crippen LogP contribution is 2.27. The zero-order valence-corrected chi connectivity index (χ0v) is 17.1. The molecule has 0 fully saturated rings. The van der Waals surface area contributed by atoms with E-state index in [1.165, 1.54) is 11.3 Å². The van der Waals surface area contributed by atoms with E-state index in [1.807, 2.05) is 24.3 Å². The van der Waals surface area contributed by atoms with Crippen molar-refractivity contribution in [1.82, 2.24) is 4.98 Å². The highest BCUT2D eigenvalue weighted by molar-refractivity contribution is 7.22. The van der Waals surface area contributed by atoms with E-state index in [2.05, 4.69) is 10.3 Å². The number of benzene rings is 2. The van der Waals surface area contributed by atoms with Crippen molar-refractivity contribution in [3.8, 4) is 11.5 Å². The molecule has 0 unspecified atom stereocenters. The topological polar surface area (TPSA) is 86.8 Å². The Morgan fingerprint density at radius 1 is 1.10 bits per heavy atom. The molecule has 0 saturated carbocycles.